The van der Waals surface area contributed by atoms with E-state index in [2.05, 4.69) is 20.6 Å². The zero-order valence-electron chi connectivity index (χ0n) is 39.4. The Morgan fingerprint density at radius 3 is 1.21 bits per heavy atom. The molecule has 4 amide bonds. The molecule has 6 atom stereocenters. The van der Waals surface area contributed by atoms with Gasteiger partial charge in [0.15, 0.2) is 0 Å². The van der Waals surface area contributed by atoms with Gasteiger partial charge in [0, 0.05) is 24.0 Å². The summed E-state index contributed by atoms with van der Waals surface area (Å²) in [6.07, 6.45) is 0.442. The van der Waals surface area contributed by atoms with Crippen molar-refractivity contribution in [3.05, 3.63) is 130 Å². The molecule has 4 heterocycles. The Balaban J connectivity index is 0.672. The van der Waals surface area contributed by atoms with Crippen LogP contribution in [-0.2, 0) is 42.9 Å². The zero-order valence-corrected chi connectivity index (χ0v) is 39.4. The van der Waals surface area contributed by atoms with Gasteiger partial charge in [-0.15, -0.1) is 0 Å². The first kappa shape index (κ1) is 51.5. The van der Waals surface area contributed by atoms with Gasteiger partial charge < -0.3 is 44.1 Å². The van der Waals surface area contributed by atoms with Crippen LogP contribution in [-0.4, -0.2) is 147 Å². The van der Waals surface area contributed by atoms with Crippen LogP contribution in [0.2, 0.25) is 0 Å². The average Bonchev–Trinajstić information content (AvgIpc) is 4.32. The predicted octanol–water partition coefficient (Wildman–Crippen LogP) is 5.58. The standard InChI is InChI=1S/C52H60F4N6O9/c53-37-27-43(51(65)59-47(35-7-3-1-4-8-35)41-17-15-39(33-11-12-33)49(55)57-41)61(29-37)45(63)31-70-25-23-68-21-19-67-20-22-69-24-26-71-32-46(64)62-30-38(54)28-44(62)52(66)60-48(36-9-5-2-6-10-36)42-18-16-40(34-13-14-34)50(56)58-42/h1-10,15-18,33-34,37-38,43-44,47-48H,11-14,19-32H2,(H,59,65)(H,60,66)/t37?,38?,43?,44?,47-,48-/m0/s1. The highest BCUT2D eigenvalue weighted by Crippen LogP contribution is 2.42. The number of nitrogens with zero attached hydrogens (tertiary/aromatic N) is 4. The number of rotatable bonds is 26. The summed E-state index contributed by atoms with van der Waals surface area (Å²) in [7, 11) is 0. The minimum absolute atomic E-state index is 0.0647. The molecule has 19 heteroatoms. The average molecular weight is 989 g/mol. The van der Waals surface area contributed by atoms with Crippen LogP contribution in [0.5, 0.6) is 0 Å². The molecule has 71 heavy (non-hydrogen) atoms. The normalized spacial score (nSPS) is 20.7. The number of hydrogen-bond acceptors (Lipinski definition) is 11. The van der Waals surface area contributed by atoms with Crippen LogP contribution in [0.25, 0.3) is 0 Å². The molecule has 0 radical (unpaired) electrons. The van der Waals surface area contributed by atoms with Gasteiger partial charge in [0.25, 0.3) is 0 Å². The van der Waals surface area contributed by atoms with Crippen molar-refractivity contribution in [1.82, 2.24) is 30.4 Å². The first-order chi connectivity index (χ1) is 34.5. The minimum atomic E-state index is -1.41. The fourth-order valence-electron chi connectivity index (χ4n) is 8.94. The third-order valence-electron chi connectivity index (χ3n) is 12.9. The Kier molecular flexibility index (Phi) is 18.1. The van der Waals surface area contributed by atoms with Crippen molar-refractivity contribution in [1.29, 1.82) is 0 Å². The summed E-state index contributed by atoms with van der Waals surface area (Å²) < 4.78 is 86.9. The fraction of sp³-hybridized carbons (Fsp3) is 0.500. The maximum Gasteiger partial charge on any atom is 0.249 e. The zero-order chi connectivity index (χ0) is 49.7. The summed E-state index contributed by atoms with van der Waals surface area (Å²) in [4.78, 5) is 64.2. The van der Waals surface area contributed by atoms with E-state index >= 15 is 0 Å². The number of ether oxygens (including phenoxy) is 5. The van der Waals surface area contributed by atoms with Crippen LogP contribution in [0.1, 0.15) is 96.1 Å². The lowest BCUT2D eigenvalue weighted by Gasteiger charge is -2.26. The molecule has 2 aromatic heterocycles. The molecular formula is C52H60F4N6O9. The Labute approximate surface area is 409 Å². The maximum absolute atomic E-state index is 15.0. The topological polar surface area (TPSA) is 171 Å². The van der Waals surface area contributed by atoms with Crippen molar-refractivity contribution in [2.75, 3.05) is 79.2 Å². The molecule has 2 saturated carbocycles. The van der Waals surface area contributed by atoms with Gasteiger partial charge in [0.05, 0.1) is 89.4 Å². The van der Waals surface area contributed by atoms with Gasteiger partial charge in [0.1, 0.15) is 37.6 Å². The highest BCUT2D eigenvalue weighted by molar-refractivity contribution is 5.90. The lowest BCUT2D eigenvalue weighted by molar-refractivity contribution is -0.142. The number of nitrogens with one attached hydrogen (secondary N) is 2. The Bertz CT molecular complexity index is 2250. The number of amides is 4. The Hall–Kier alpha value is -5.86. The maximum atomic E-state index is 15.0. The number of aromatic nitrogens is 2. The molecule has 4 aliphatic rings. The van der Waals surface area contributed by atoms with Crippen LogP contribution >= 0.6 is 0 Å². The number of carbonyl (C=O) groups is 4. The van der Waals surface area contributed by atoms with Crippen molar-refractivity contribution in [3.8, 4) is 0 Å². The molecule has 0 bridgehead atoms. The third-order valence-corrected chi connectivity index (χ3v) is 12.9. The van der Waals surface area contributed by atoms with E-state index in [0.717, 1.165) is 25.7 Å². The monoisotopic (exact) mass is 988 g/mol. The Morgan fingerprint density at radius 1 is 0.521 bits per heavy atom. The molecule has 380 valence electrons. The smallest absolute Gasteiger partial charge is 0.249 e. The summed E-state index contributed by atoms with van der Waals surface area (Å²) in [6, 6.07) is 20.9. The molecule has 4 fully saturated rings. The summed E-state index contributed by atoms with van der Waals surface area (Å²) in [5.74, 6) is -3.10. The van der Waals surface area contributed by atoms with Gasteiger partial charge >= 0.3 is 0 Å². The van der Waals surface area contributed by atoms with E-state index in [9.17, 15) is 36.7 Å². The quantitative estimate of drug-likeness (QED) is 0.0458. The molecule has 2 N–H and O–H groups in total. The predicted molar refractivity (Wildman–Crippen MR) is 249 cm³/mol. The summed E-state index contributed by atoms with van der Waals surface area (Å²) in [5, 5.41) is 5.77. The van der Waals surface area contributed by atoms with E-state index in [4.69, 9.17) is 23.7 Å². The second-order valence-corrected chi connectivity index (χ2v) is 18.2. The third kappa shape index (κ3) is 14.2. The van der Waals surface area contributed by atoms with E-state index in [1.165, 1.54) is 9.80 Å². The van der Waals surface area contributed by atoms with Crippen LogP contribution in [0.4, 0.5) is 17.6 Å². The second kappa shape index (κ2) is 25.0. The SMILES string of the molecule is O=C(N[C@@H](c1ccccc1)c1ccc(C2CC2)c(F)n1)C1CC(F)CN1C(=O)COCCOCCOCCOCCOCC(=O)N1CC(F)CC1C(=O)N[C@@H](c1ccccc1)c1ccc(C2CC2)c(F)n1. The molecule has 0 spiro atoms. The molecule has 4 aromatic rings. The number of likely N-dealkylation sites (tertiary alicyclic amines) is 2. The lowest BCUT2D eigenvalue weighted by atomic mass is 10.0. The van der Waals surface area contributed by atoms with Crippen molar-refractivity contribution >= 4 is 23.6 Å². The molecule has 2 saturated heterocycles. The van der Waals surface area contributed by atoms with Crippen LogP contribution in [0, 0.1) is 11.9 Å². The molecule has 2 aliphatic heterocycles. The first-order valence-electron chi connectivity index (χ1n) is 24.3. The number of carbonyl (C=O) groups excluding carboxylic acids is 4. The van der Waals surface area contributed by atoms with Gasteiger partial charge in [0.2, 0.25) is 35.5 Å². The number of hydrogen-bond donors (Lipinski definition) is 2. The van der Waals surface area contributed by atoms with E-state index in [1.807, 2.05) is 12.1 Å². The van der Waals surface area contributed by atoms with Gasteiger partial charge in [-0.3, -0.25) is 19.2 Å². The van der Waals surface area contributed by atoms with Crippen molar-refractivity contribution in [2.45, 2.75) is 86.9 Å². The van der Waals surface area contributed by atoms with Gasteiger partial charge in [-0.25, -0.2) is 18.7 Å². The molecule has 4 unspecified atom stereocenters. The lowest BCUT2D eigenvalue weighted by Crippen LogP contribution is -2.48. The largest absolute Gasteiger partial charge is 0.377 e. The molecule has 2 aromatic carbocycles. The Morgan fingerprint density at radius 2 is 0.873 bits per heavy atom. The van der Waals surface area contributed by atoms with Crippen molar-refractivity contribution in [3.63, 3.8) is 0 Å². The van der Waals surface area contributed by atoms with Crippen LogP contribution in [0.3, 0.4) is 0 Å². The molecule has 2 aliphatic carbocycles. The van der Waals surface area contributed by atoms with Gasteiger partial charge in [-0.05, 0) is 60.8 Å². The van der Waals surface area contributed by atoms with E-state index < -0.39 is 72.0 Å². The van der Waals surface area contributed by atoms with E-state index in [0.29, 0.717) is 33.6 Å². The highest BCUT2D eigenvalue weighted by Gasteiger charge is 2.42. The van der Waals surface area contributed by atoms with Crippen molar-refractivity contribution < 1.29 is 60.4 Å². The molecular weight excluding hydrogens is 929 g/mol. The highest BCUT2D eigenvalue weighted by atomic mass is 19.1. The van der Waals surface area contributed by atoms with E-state index in [1.54, 1.807) is 72.8 Å². The fourth-order valence-corrected chi connectivity index (χ4v) is 8.94. The molecule has 8 rings (SSSR count). The number of benzene rings is 2. The summed E-state index contributed by atoms with van der Waals surface area (Å²) in [5.41, 5.74) is 3.02. The second-order valence-electron chi connectivity index (χ2n) is 18.2. The van der Waals surface area contributed by atoms with Gasteiger partial charge in [-0.1, -0.05) is 72.8 Å². The van der Waals surface area contributed by atoms with Gasteiger partial charge in [-0.2, -0.15) is 8.78 Å². The van der Waals surface area contributed by atoms with Crippen LogP contribution < -0.4 is 10.6 Å². The van der Waals surface area contributed by atoms with Crippen LogP contribution in [0.15, 0.2) is 84.9 Å². The number of halogens is 4. The molecule has 15 nitrogen and oxygen atoms in total. The minimum Gasteiger partial charge on any atom is -0.377 e. The first-order valence-corrected chi connectivity index (χ1v) is 24.3. The summed E-state index contributed by atoms with van der Waals surface area (Å²) in [6.45, 7) is 0.103. The summed E-state index contributed by atoms with van der Waals surface area (Å²) >= 11 is 0. The number of pyridine rings is 2. The number of alkyl halides is 2. The van der Waals surface area contributed by atoms with Crippen molar-refractivity contribution in [2.24, 2.45) is 0 Å². The van der Waals surface area contributed by atoms with E-state index in [-0.39, 0.29) is 104 Å².